The summed E-state index contributed by atoms with van der Waals surface area (Å²) < 4.78 is 7.45. The fourth-order valence-corrected chi connectivity index (χ4v) is 10.7. The van der Waals surface area contributed by atoms with Crippen LogP contribution in [0.1, 0.15) is 0 Å². The van der Waals surface area contributed by atoms with Crippen LogP contribution >= 0.6 is 34.6 Å². The van der Waals surface area contributed by atoms with E-state index in [4.69, 9.17) is 9.36 Å². The molecule has 2 aromatic heterocycles. The highest BCUT2D eigenvalue weighted by Crippen LogP contribution is 2.53. The van der Waals surface area contributed by atoms with Crippen LogP contribution in [0.5, 0.6) is 0 Å². The molecule has 0 bridgehead atoms. The van der Waals surface area contributed by atoms with Gasteiger partial charge < -0.3 is 4.90 Å². The molecule has 0 radical (unpaired) electrons. The average molecular weight is 744 g/mol. The summed E-state index contributed by atoms with van der Waals surface area (Å²) in [4.78, 5) is 9.84. The maximum Gasteiger partial charge on any atom is 0.173 e. The van der Waals surface area contributed by atoms with Crippen molar-refractivity contribution in [3.05, 3.63) is 176 Å². The second-order valence-electron chi connectivity index (χ2n) is 13.4. The molecule has 254 valence electrons. The topological polar surface area (TPSA) is 29.0 Å². The van der Waals surface area contributed by atoms with E-state index in [1.54, 1.807) is 0 Å². The van der Waals surface area contributed by atoms with Crippen molar-refractivity contribution in [1.82, 2.24) is 9.36 Å². The summed E-state index contributed by atoms with van der Waals surface area (Å²) in [7, 11) is 0. The molecule has 8 aromatic carbocycles. The summed E-state index contributed by atoms with van der Waals surface area (Å²) in [6, 6.07) is 63.4. The lowest BCUT2D eigenvalue weighted by Gasteiger charge is -2.33. The molecule has 0 saturated carbocycles. The van der Waals surface area contributed by atoms with Crippen LogP contribution in [0.15, 0.2) is 186 Å². The van der Waals surface area contributed by atoms with Crippen molar-refractivity contribution in [3.8, 4) is 44.2 Å². The number of para-hydroxylation sites is 1. The Balaban J connectivity index is 0.903. The first-order chi connectivity index (χ1) is 26.7. The summed E-state index contributed by atoms with van der Waals surface area (Å²) in [5.41, 5.74) is 10.5. The maximum absolute atomic E-state index is 4.98. The minimum absolute atomic E-state index is 0.745. The number of benzene rings is 8. The van der Waals surface area contributed by atoms with E-state index in [2.05, 4.69) is 181 Å². The quantitative estimate of drug-likeness (QED) is 0.176. The van der Waals surface area contributed by atoms with Gasteiger partial charge in [-0.05, 0) is 99.2 Å². The van der Waals surface area contributed by atoms with Crippen molar-refractivity contribution < 1.29 is 0 Å². The highest BCUT2D eigenvalue weighted by Gasteiger charge is 2.26. The van der Waals surface area contributed by atoms with Gasteiger partial charge in [-0.15, -0.1) is 11.3 Å². The van der Waals surface area contributed by atoms with E-state index < -0.39 is 0 Å². The predicted octanol–water partition coefficient (Wildman–Crippen LogP) is 14.7. The third kappa shape index (κ3) is 5.25. The Morgan fingerprint density at radius 3 is 2.04 bits per heavy atom. The maximum atomic E-state index is 4.98. The third-order valence-corrected chi connectivity index (χ3v) is 13.4. The van der Waals surface area contributed by atoms with E-state index in [-0.39, 0.29) is 0 Å². The summed E-state index contributed by atoms with van der Waals surface area (Å²) in [6.07, 6.45) is 0. The zero-order chi connectivity index (χ0) is 35.6. The molecule has 1 aliphatic heterocycles. The summed E-state index contributed by atoms with van der Waals surface area (Å²) in [5, 5.41) is 6.07. The zero-order valence-corrected chi connectivity index (χ0v) is 31.3. The SMILES string of the molecule is c1ccc2c(c1)Sc1cc(-c3cccc4c3sc3ccccc34)ccc1N2c1ccc(-c2nsc(-c3ccc(-c4cccc5ccccc45)cc3)n2)cc1. The van der Waals surface area contributed by atoms with Gasteiger partial charge >= 0.3 is 0 Å². The van der Waals surface area contributed by atoms with Crippen LogP contribution in [0.25, 0.3) is 75.2 Å². The van der Waals surface area contributed by atoms with Crippen LogP contribution in [-0.2, 0) is 0 Å². The monoisotopic (exact) mass is 743 g/mol. The molecule has 0 aliphatic carbocycles. The van der Waals surface area contributed by atoms with E-state index in [1.165, 1.54) is 85.9 Å². The Bertz CT molecular complexity index is 3030. The van der Waals surface area contributed by atoms with Crippen LogP contribution in [0.4, 0.5) is 17.1 Å². The summed E-state index contributed by atoms with van der Waals surface area (Å²) >= 11 is 5.17. The number of hydrogen-bond donors (Lipinski definition) is 0. The van der Waals surface area contributed by atoms with Gasteiger partial charge in [0.25, 0.3) is 0 Å². The lowest BCUT2D eigenvalue weighted by Crippen LogP contribution is -2.14. The van der Waals surface area contributed by atoms with E-state index in [1.807, 2.05) is 23.1 Å². The fraction of sp³-hybridized carbons (Fsp3) is 0. The molecule has 3 heterocycles. The van der Waals surface area contributed by atoms with Crippen molar-refractivity contribution in [2.45, 2.75) is 9.79 Å². The molecule has 0 saturated heterocycles. The second-order valence-corrected chi connectivity index (χ2v) is 16.3. The van der Waals surface area contributed by atoms with Crippen LogP contribution in [0.3, 0.4) is 0 Å². The van der Waals surface area contributed by atoms with Gasteiger partial charge in [0, 0.05) is 46.8 Å². The Morgan fingerprint density at radius 1 is 0.463 bits per heavy atom. The molecule has 6 heteroatoms. The van der Waals surface area contributed by atoms with Gasteiger partial charge in [-0.2, -0.15) is 4.37 Å². The van der Waals surface area contributed by atoms with Crippen molar-refractivity contribution in [2.24, 2.45) is 0 Å². The van der Waals surface area contributed by atoms with E-state index in [0.717, 1.165) is 27.6 Å². The van der Waals surface area contributed by atoms with Crippen molar-refractivity contribution in [3.63, 3.8) is 0 Å². The first kappa shape index (κ1) is 31.5. The number of fused-ring (bicyclic) bond motifs is 6. The highest BCUT2D eigenvalue weighted by molar-refractivity contribution is 7.99. The number of thiophene rings is 1. The van der Waals surface area contributed by atoms with Gasteiger partial charge in [0.05, 0.1) is 11.4 Å². The lowest BCUT2D eigenvalue weighted by molar-refractivity contribution is 1.17. The molecule has 0 N–H and O–H groups in total. The number of nitrogens with zero attached hydrogens (tertiary/aromatic N) is 3. The van der Waals surface area contributed by atoms with Crippen LogP contribution < -0.4 is 4.90 Å². The smallest absolute Gasteiger partial charge is 0.173 e. The van der Waals surface area contributed by atoms with Crippen LogP contribution in [0, 0.1) is 0 Å². The van der Waals surface area contributed by atoms with Crippen molar-refractivity contribution >= 4 is 82.6 Å². The van der Waals surface area contributed by atoms with Gasteiger partial charge in [0.2, 0.25) is 0 Å². The lowest BCUT2D eigenvalue weighted by atomic mass is 9.98. The second kappa shape index (κ2) is 12.8. The highest BCUT2D eigenvalue weighted by atomic mass is 32.2. The Morgan fingerprint density at radius 2 is 1.13 bits per heavy atom. The molecular weight excluding hydrogens is 715 g/mol. The van der Waals surface area contributed by atoms with Gasteiger partial charge in [-0.25, -0.2) is 4.98 Å². The van der Waals surface area contributed by atoms with Gasteiger partial charge in [-0.1, -0.05) is 133 Å². The van der Waals surface area contributed by atoms with E-state index >= 15 is 0 Å². The summed E-state index contributed by atoms with van der Waals surface area (Å²) in [5.74, 6) is 0.745. The minimum Gasteiger partial charge on any atom is -0.308 e. The molecule has 0 amide bonds. The Kier molecular flexibility index (Phi) is 7.47. The number of aromatic nitrogens is 2. The molecule has 54 heavy (non-hydrogen) atoms. The van der Waals surface area contributed by atoms with Gasteiger partial charge in [0.1, 0.15) is 5.01 Å². The predicted molar refractivity (Wildman–Crippen MR) is 231 cm³/mol. The first-order valence-corrected chi connectivity index (χ1v) is 20.3. The van der Waals surface area contributed by atoms with E-state index in [9.17, 15) is 0 Å². The van der Waals surface area contributed by atoms with E-state index in [0.29, 0.717) is 0 Å². The summed E-state index contributed by atoms with van der Waals surface area (Å²) in [6.45, 7) is 0. The van der Waals surface area contributed by atoms with Gasteiger partial charge in [0.15, 0.2) is 5.82 Å². The fourth-order valence-electron chi connectivity index (χ4n) is 7.66. The Labute approximate surface area is 325 Å². The minimum atomic E-state index is 0.745. The molecule has 0 atom stereocenters. The number of hydrogen-bond acceptors (Lipinski definition) is 6. The molecule has 11 rings (SSSR count). The zero-order valence-electron chi connectivity index (χ0n) is 28.8. The van der Waals surface area contributed by atoms with Crippen LogP contribution in [-0.4, -0.2) is 9.36 Å². The molecule has 3 nitrogen and oxygen atoms in total. The van der Waals surface area contributed by atoms with Crippen molar-refractivity contribution in [2.75, 3.05) is 4.90 Å². The normalized spacial score (nSPS) is 12.3. The number of anilines is 3. The Hall–Kier alpha value is -6.05. The molecule has 0 fully saturated rings. The van der Waals surface area contributed by atoms with Crippen molar-refractivity contribution in [1.29, 1.82) is 0 Å². The molecule has 0 spiro atoms. The van der Waals surface area contributed by atoms with Crippen LogP contribution in [0.2, 0.25) is 0 Å². The molecular formula is C48H29N3S3. The third-order valence-electron chi connectivity index (χ3n) is 10.3. The standard InChI is InChI=1S/C48H29N3S3/c1-2-11-36-30(9-1)10-7-13-37(36)31-19-21-33(22-20-31)48-49-47(50-54-48)32-23-26-35(27-24-32)51-41-16-4-6-18-44(41)52-45-29-34(25-28-42(45)51)38-14-8-15-40-39-12-3-5-17-43(39)53-46(38)40/h1-29H. The molecule has 10 aromatic rings. The first-order valence-electron chi connectivity index (χ1n) is 17.9. The molecule has 1 aliphatic rings. The molecule has 0 unspecified atom stereocenters. The number of rotatable bonds is 5. The van der Waals surface area contributed by atoms with Gasteiger partial charge in [-0.3, -0.25) is 0 Å². The largest absolute Gasteiger partial charge is 0.308 e. The average Bonchev–Trinajstić information content (AvgIpc) is 3.89.